The third-order valence-corrected chi connectivity index (χ3v) is 7.08. The first-order valence-corrected chi connectivity index (χ1v) is 11.7. The van der Waals surface area contributed by atoms with Crippen LogP contribution < -0.4 is 4.90 Å². The molecule has 2 aliphatic rings. The maximum absolute atomic E-state index is 12.9. The third-order valence-electron chi connectivity index (χ3n) is 6.17. The zero-order valence-corrected chi connectivity index (χ0v) is 19.7. The monoisotopic (exact) mass is 434 g/mol. The first-order valence-electron chi connectivity index (χ1n) is 10.9. The first-order chi connectivity index (χ1) is 14.7. The van der Waals surface area contributed by atoms with Crippen LogP contribution in [0.25, 0.3) is 6.08 Å². The van der Waals surface area contributed by atoms with Gasteiger partial charge in [0.2, 0.25) is 0 Å². The quantitative estimate of drug-likeness (QED) is 0.520. The van der Waals surface area contributed by atoms with Crippen molar-refractivity contribution in [3.63, 3.8) is 0 Å². The molecule has 0 aromatic heterocycles. The minimum Gasteiger partial charge on any atom is -0.364 e. The van der Waals surface area contributed by atoms with Gasteiger partial charge in [-0.1, -0.05) is 43.3 Å². The summed E-state index contributed by atoms with van der Waals surface area (Å²) in [5.41, 5.74) is 4.60. The molecule has 2 aromatic carbocycles. The van der Waals surface area contributed by atoms with Gasteiger partial charge in [0, 0.05) is 17.3 Å². The highest BCUT2D eigenvalue weighted by atomic mass is 32.2. The Bertz CT molecular complexity index is 1040. The average Bonchev–Trinajstić information content (AvgIpc) is 2.95. The zero-order valence-electron chi connectivity index (χ0n) is 18.9. The summed E-state index contributed by atoms with van der Waals surface area (Å²) in [6.45, 7) is 11.7. The lowest BCUT2D eigenvalue weighted by Crippen LogP contribution is -2.51. The minimum absolute atomic E-state index is 0.0994. The molecule has 0 unspecified atom stereocenters. The number of hydrogen-bond donors (Lipinski definition) is 0. The van der Waals surface area contributed by atoms with Crippen molar-refractivity contribution in [3.8, 4) is 0 Å². The Morgan fingerprint density at radius 2 is 1.84 bits per heavy atom. The van der Waals surface area contributed by atoms with Crippen molar-refractivity contribution in [2.45, 2.75) is 65.1 Å². The highest BCUT2D eigenvalue weighted by Gasteiger charge is 2.38. The lowest BCUT2D eigenvalue weighted by atomic mass is 9.79. The van der Waals surface area contributed by atoms with Crippen molar-refractivity contribution in [1.82, 2.24) is 4.90 Å². The molecular formula is C26H30N2O2S. The zero-order chi connectivity index (χ0) is 22.3. The number of thioether (sulfide) groups is 1. The minimum atomic E-state index is -0.213. The van der Waals surface area contributed by atoms with E-state index in [0.29, 0.717) is 23.4 Å². The highest BCUT2D eigenvalue weighted by Crippen LogP contribution is 2.45. The van der Waals surface area contributed by atoms with E-state index in [0.717, 1.165) is 29.3 Å². The summed E-state index contributed by atoms with van der Waals surface area (Å²) in [6, 6.07) is 16.5. The van der Waals surface area contributed by atoms with E-state index in [2.05, 4.69) is 57.7 Å². The summed E-state index contributed by atoms with van der Waals surface area (Å²) in [6.07, 6.45) is 2.94. The molecule has 0 radical (unpaired) electrons. The fourth-order valence-corrected chi connectivity index (χ4v) is 5.93. The van der Waals surface area contributed by atoms with E-state index in [1.54, 1.807) is 0 Å². The molecule has 0 spiro atoms. The van der Waals surface area contributed by atoms with E-state index in [-0.39, 0.29) is 16.7 Å². The molecule has 0 N–H and O–H groups in total. The molecule has 5 heteroatoms. The summed E-state index contributed by atoms with van der Waals surface area (Å²) >= 11 is 1.03. The maximum atomic E-state index is 12.9. The third kappa shape index (κ3) is 4.16. The Balaban J connectivity index is 1.62. The normalized spacial score (nSPS) is 21.9. The van der Waals surface area contributed by atoms with Crippen molar-refractivity contribution in [1.29, 1.82) is 0 Å². The number of nitrogens with zero attached hydrogens (tertiary/aromatic N) is 2. The van der Waals surface area contributed by atoms with Crippen LogP contribution in [0.4, 0.5) is 10.5 Å². The van der Waals surface area contributed by atoms with Gasteiger partial charge < -0.3 is 4.90 Å². The molecule has 1 fully saturated rings. The van der Waals surface area contributed by atoms with Crippen LogP contribution in [0.5, 0.6) is 0 Å². The fraction of sp³-hybridized carbons (Fsp3) is 0.385. The van der Waals surface area contributed by atoms with Gasteiger partial charge in [-0.2, -0.15) is 0 Å². The highest BCUT2D eigenvalue weighted by molar-refractivity contribution is 8.18. The molecule has 2 heterocycles. The number of imide groups is 1. The molecule has 2 aromatic rings. The van der Waals surface area contributed by atoms with Gasteiger partial charge in [-0.25, -0.2) is 0 Å². The van der Waals surface area contributed by atoms with Gasteiger partial charge in [0.15, 0.2) is 0 Å². The summed E-state index contributed by atoms with van der Waals surface area (Å²) in [7, 11) is 0. The second-order valence-corrected chi connectivity index (χ2v) is 10.4. The number of anilines is 1. The van der Waals surface area contributed by atoms with Crippen LogP contribution in [-0.2, 0) is 11.3 Å². The number of carbonyl (C=O) groups is 2. The SMILES string of the molecule is CC(C)N1c2ccc(/C=C3\SC(=O)N(Cc4ccccc4)C3=O)cc2[C@@H](C)CC1(C)C. The van der Waals surface area contributed by atoms with Crippen molar-refractivity contribution >= 4 is 34.7 Å². The second-order valence-electron chi connectivity index (χ2n) is 9.45. The van der Waals surface area contributed by atoms with Crippen LogP contribution in [0.15, 0.2) is 53.4 Å². The first kappa shape index (κ1) is 21.7. The fourth-order valence-electron chi connectivity index (χ4n) is 5.09. The Morgan fingerprint density at radius 3 is 2.52 bits per heavy atom. The Labute approximate surface area is 189 Å². The molecule has 2 aliphatic heterocycles. The molecule has 1 atom stereocenters. The van der Waals surface area contributed by atoms with Crippen LogP contribution in [0.2, 0.25) is 0 Å². The number of rotatable bonds is 4. The van der Waals surface area contributed by atoms with E-state index >= 15 is 0 Å². The lowest BCUT2D eigenvalue weighted by molar-refractivity contribution is -0.123. The van der Waals surface area contributed by atoms with Gasteiger partial charge in [-0.3, -0.25) is 14.5 Å². The standard InChI is InChI=1S/C26H30N2O2S/c1-17(2)28-22-12-11-20(13-21(22)18(3)15-26(28,4)5)14-23-24(29)27(25(30)31-23)16-19-9-7-6-8-10-19/h6-14,17-18H,15-16H2,1-5H3/b23-14-/t18-/m0/s1. The van der Waals surface area contributed by atoms with E-state index < -0.39 is 0 Å². The van der Waals surface area contributed by atoms with Gasteiger partial charge in [0.1, 0.15) is 0 Å². The smallest absolute Gasteiger partial charge is 0.293 e. The number of amides is 2. The van der Waals surface area contributed by atoms with E-state index in [4.69, 9.17) is 0 Å². The summed E-state index contributed by atoms with van der Waals surface area (Å²) < 4.78 is 0. The van der Waals surface area contributed by atoms with Crippen molar-refractivity contribution < 1.29 is 9.59 Å². The largest absolute Gasteiger partial charge is 0.364 e. The van der Waals surface area contributed by atoms with E-state index in [1.807, 2.05) is 36.4 Å². The predicted octanol–water partition coefficient (Wildman–Crippen LogP) is 6.42. The average molecular weight is 435 g/mol. The molecule has 4 rings (SSSR count). The van der Waals surface area contributed by atoms with Gasteiger partial charge in [0.05, 0.1) is 11.4 Å². The molecule has 162 valence electrons. The van der Waals surface area contributed by atoms with Crippen LogP contribution in [0.1, 0.15) is 63.6 Å². The van der Waals surface area contributed by atoms with Crippen LogP contribution >= 0.6 is 11.8 Å². The summed E-state index contributed by atoms with van der Waals surface area (Å²) in [5, 5.41) is -0.209. The van der Waals surface area contributed by atoms with Crippen molar-refractivity contribution in [2.75, 3.05) is 4.90 Å². The van der Waals surface area contributed by atoms with Gasteiger partial charge in [-0.05, 0) is 86.7 Å². The van der Waals surface area contributed by atoms with Crippen LogP contribution in [-0.4, -0.2) is 27.6 Å². The summed E-state index contributed by atoms with van der Waals surface area (Å²) in [4.78, 5) is 29.7. The van der Waals surface area contributed by atoms with Gasteiger partial charge in [-0.15, -0.1) is 0 Å². The molecule has 0 bridgehead atoms. The van der Waals surface area contributed by atoms with Gasteiger partial charge >= 0.3 is 0 Å². The number of benzene rings is 2. The number of carbonyl (C=O) groups excluding carboxylic acids is 2. The topological polar surface area (TPSA) is 40.6 Å². The van der Waals surface area contributed by atoms with Gasteiger partial charge in [0.25, 0.3) is 11.1 Å². The molecule has 2 amide bonds. The Kier molecular flexibility index (Phi) is 5.73. The predicted molar refractivity (Wildman–Crippen MR) is 129 cm³/mol. The molecule has 4 nitrogen and oxygen atoms in total. The summed E-state index contributed by atoms with van der Waals surface area (Å²) in [5.74, 6) is 0.219. The van der Waals surface area contributed by atoms with E-state index in [9.17, 15) is 9.59 Å². The Hall–Kier alpha value is -2.53. The van der Waals surface area contributed by atoms with Crippen molar-refractivity contribution in [3.05, 3.63) is 70.1 Å². The lowest BCUT2D eigenvalue weighted by Gasteiger charge is -2.50. The van der Waals surface area contributed by atoms with Crippen LogP contribution in [0.3, 0.4) is 0 Å². The number of fused-ring (bicyclic) bond motifs is 1. The molecule has 1 saturated heterocycles. The van der Waals surface area contributed by atoms with Crippen LogP contribution in [0, 0.1) is 0 Å². The molecular weight excluding hydrogens is 404 g/mol. The molecule has 0 saturated carbocycles. The molecule has 31 heavy (non-hydrogen) atoms. The maximum Gasteiger partial charge on any atom is 0.293 e. The Morgan fingerprint density at radius 1 is 1.13 bits per heavy atom. The molecule has 0 aliphatic carbocycles. The van der Waals surface area contributed by atoms with E-state index in [1.165, 1.54) is 16.2 Å². The van der Waals surface area contributed by atoms with Crippen molar-refractivity contribution in [2.24, 2.45) is 0 Å². The number of hydrogen-bond acceptors (Lipinski definition) is 4. The second kappa shape index (κ2) is 8.19.